The Labute approximate surface area is 129 Å². The average molecular weight is 313 g/mol. The Balaban J connectivity index is 2.61. The Bertz CT molecular complexity index is 484. The zero-order valence-corrected chi connectivity index (χ0v) is 13.6. The fourth-order valence-electron chi connectivity index (χ4n) is 2.01. The lowest BCUT2D eigenvalue weighted by atomic mass is 10.2. The van der Waals surface area contributed by atoms with E-state index in [2.05, 4.69) is 12.2 Å². The van der Waals surface area contributed by atoms with E-state index in [0.29, 0.717) is 0 Å². The molecular weight excluding hydrogens is 290 g/mol. The third-order valence-electron chi connectivity index (χ3n) is 2.93. The van der Waals surface area contributed by atoms with E-state index in [0.717, 1.165) is 30.6 Å². The Morgan fingerprint density at radius 3 is 2.67 bits per heavy atom. The van der Waals surface area contributed by atoms with Crippen LogP contribution in [0.25, 0.3) is 0 Å². The minimum atomic E-state index is -1.02. The van der Waals surface area contributed by atoms with Gasteiger partial charge in [-0.1, -0.05) is 26.7 Å². The molecule has 1 amide bonds. The number of rotatable bonds is 9. The van der Waals surface area contributed by atoms with Crippen LogP contribution in [0.15, 0.2) is 6.07 Å². The normalized spacial score (nSPS) is 12.0. The minimum absolute atomic E-state index is 0.100. The standard InChI is InChI=1S/C15H23NO4S/c1-4-6-10(3)16-13(17)9-20-12-8-11(7-5-2)21-14(12)15(18)19/h8,10H,4-7,9H2,1-3H3,(H,16,17)(H,18,19). The second kappa shape index (κ2) is 8.67. The van der Waals surface area contributed by atoms with Gasteiger partial charge in [0.05, 0.1) is 0 Å². The molecular formula is C15H23NO4S. The summed E-state index contributed by atoms with van der Waals surface area (Å²) in [6.07, 6.45) is 3.66. The summed E-state index contributed by atoms with van der Waals surface area (Å²) in [4.78, 5) is 24.0. The number of carboxylic acid groups (broad SMARTS) is 1. The number of aryl methyl sites for hydroxylation is 1. The Morgan fingerprint density at radius 2 is 2.10 bits per heavy atom. The first-order valence-electron chi connectivity index (χ1n) is 7.26. The molecule has 1 aromatic rings. The van der Waals surface area contributed by atoms with Crippen LogP contribution >= 0.6 is 11.3 Å². The molecule has 1 rings (SSSR count). The van der Waals surface area contributed by atoms with Gasteiger partial charge in [-0.2, -0.15) is 0 Å². The van der Waals surface area contributed by atoms with Gasteiger partial charge in [0.2, 0.25) is 0 Å². The fourth-order valence-corrected chi connectivity index (χ4v) is 3.05. The van der Waals surface area contributed by atoms with E-state index in [9.17, 15) is 9.59 Å². The summed E-state index contributed by atoms with van der Waals surface area (Å²) in [5.41, 5.74) is 0. The molecule has 6 heteroatoms. The molecule has 0 saturated carbocycles. The van der Waals surface area contributed by atoms with Crippen molar-refractivity contribution in [3.8, 4) is 5.75 Å². The third kappa shape index (κ3) is 5.75. The molecule has 1 heterocycles. The van der Waals surface area contributed by atoms with Gasteiger partial charge in [0, 0.05) is 10.9 Å². The number of carbonyl (C=O) groups excluding carboxylic acids is 1. The molecule has 1 unspecified atom stereocenters. The van der Waals surface area contributed by atoms with Crippen molar-refractivity contribution in [2.24, 2.45) is 0 Å². The van der Waals surface area contributed by atoms with E-state index in [1.54, 1.807) is 6.07 Å². The van der Waals surface area contributed by atoms with Crippen LogP contribution in [0.2, 0.25) is 0 Å². The highest BCUT2D eigenvalue weighted by Crippen LogP contribution is 2.30. The molecule has 0 spiro atoms. The number of ether oxygens (including phenoxy) is 1. The summed E-state index contributed by atoms with van der Waals surface area (Å²) in [6.45, 7) is 5.87. The number of nitrogens with one attached hydrogen (secondary N) is 1. The zero-order chi connectivity index (χ0) is 15.8. The van der Waals surface area contributed by atoms with E-state index >= 15 is 0 Å². The third-order valence-corrected chi connectivity index (χ3v) is 4.09. The Morgan fingerprint density at radius 1 is 1.38 bits per heavy atom. The molecule has 0 aliphatic carbocycles. The number of aromatic carboxylic acids is 1. The maximum absolute atomic E-state index is 11.7. The monoisotopic (exact) mass is 313 g/mol. The highest BCUT2D eigenvalue weighted by molar-refractivity contribution is 7.14. The molecule has 0 saturated heterocycles. The van der Waals surface area contributed by atoms with Crippen molar-refractivity contribution in [1.82, 2.24) is 5.32 Å². The van der Waals surface area contributed by atoms with Crippen molar-refractivity contribution in [1.29, 1.82) is 0 Å². The molecule has 0 bridgehead atoms. The molecule has 1 atom stereocenters. The van der Waals surface area contributed by atoms with Crippen molar-refractivity contribution >= 4 is 23.2 Å². The topological polar surface area (TPSA) is 75.6 Å². The van der Waals surface area contributed by atoms with Gasteiger partial charge in [-0.3, -0.25) is 4.79 Å². The summed E-state index contributed by atoms with van der Waals surface area (Å²) in [7, 11) is 0. The number of carboxylic acids is 1. The van der Waals surface area contributed by atoms with Gasteiger partial charge in [-0.25, -0.2) is 4.79 Å². The zero-order valence-electron chi connectivity index (χ0n) is 12.8. The van der Waals surface area contributed by atoms with Gasteiger partial charge in [0.25, 0.3) is 5.91 Å². The highest BCUT2D eigenvalue weighted by Gasteiger charge is 2.17. The van der Waals surface area contributed by atoms with Crippen molar-refractivity contribution in [2.75, 3.05) is 6.61 Å². The van der Waals surface area contributed by atoms with Crippen molar-refractivity contribution in [3.05, 3.63) is 15.8 Å². The van der Waals surface area contributed by atoms with E-state index < -0.39 is 5.97 Å². The molecule has 0 radical (unpaired) electrons. The quantitative estimate of drug-likeness (QED) is 0.734. The number of thiophene rings is 1. The largest absolute Gasteiger partial charge is 0.482 e. The predicted molar refractivity (Wildman–Crippen MR) is 83.3 cm³/mol. The Kier molecular flexibility index (Phi) is 7.22. The number of hydrogen-bond acceptors (Lipinski definition) is 4. The molecule has 21 heavy (non-hydrogen) atoms. The van der Waals surface area contributed by atoms with Gasteiger partial charge < -0.3 is 15.2 Å². The lowest BCUT2D eigenvalue weighted by Gasteiger charge is -2.13. The van der Waals surface area contributed by atoms with E-state index in [1.807, 2.05) is 13.8 Å². The molecule has 2 N–H and O–H groups in total. The van der Waals surface area contributed by atoms with Gasteiger partial charge in [-0.15, -0.1) is 11.3 Å². The number of carbonyl (C=O) groups is 2. The predicted octanol–water partition coefficient (Wildman–Crippen LogP) is 3.08. The molecule has 1 aromatic heterocycles. The lowest BCUT2D eigenvalue weighted by Crippen LogP contribution is -2.36. The van der Waals surface area contributed by atoms with Gasteiger partial charge in [0.1, 0.15) is 5.75 Å². The van der Waals surface area contributed by atoms with Crippen LogP contribution in [-0.4, -0.2) is 29.6 Å². The number of amides is 1. The number of hydrogen-bond donors (Lipinski definition) is 2. The fraction of sp³-hybridized carbons (Fsp3) is 0.600. The molecule has 0 aliphatic rings. The van der Waals surface area contributed by atoms with Crippen LogP contribution < -0.4 is 10.1 Å². The molecule has 118 valence electrons. The van der Waals surface area contributed by atoms with Crippen molar-refractivity contribution in [2.45, 2.75) is 52.5 Å². The summed E-state index contributed by atoms with van der Waals surface area (Å²) in [6, 6.07) is 1.82. The first kappa shape index (κ1) is 17.5. The van der Waals surface area contributed by atoms with Crippen molar-refractivity contribution in [3.63, 3.8) is 0 Å². The molecule has 5 nitrogen and oxygen atoms in total. The molecule has 0 aliphatic heterocycles. The Hall–Kier alpha value is -1.56. The highest BCUT2D eigenvalue weighted by atomic mass is 32.1. The van der Waals surface area contributed by atoms with Crippen molar-refractivity contribution < 1.29 is 19.4 Å². The summed E-state index contributed by atoms with van der Waals surface area (Å²) >= 11 is 1.21. The van der Waals surface area contributed by atoms with Crippen LogP contribution in [0.5, 0.6) is 5.75 Å². The maximum Gasteiger partial charge on any atom is 0.349 e. The van der Waals surface area contributed by atoms with E-state index in [1.165, 1.54) is 11.3 Å². The minimum Gasteiger partial charge on any atom is -0.482 e. The maximum atomic E-state index is 11.7. The van der Waals surface area contributed by atoms with Crippen LogP contribution in [0.3, 0.4) is 0 Å². The summed E-state index contributed by atoms with van der Waals surface area (Å²) < 4.78 is 5.38. The van der Waals surface area contributed by atoms with Gasteiger partial charge in [-0.05, 0) is 25.8 Å². The SMILES string of the molecule is CCCc1cc(OCC(=O)NC(C)CCC)c(C(=O)O)s1. The molecule has 0 fully saturated rings. The van der Waals surface area contributed by atoms with Gasteiger partial charge >= 0.3 is 5.97 Å². The summed E-state index contributed by atoms with van der Waals surface area (Å²) in [5, 5.41) is 12.0. The smallest absolute Gasteiger partial charge is 0.349 e. The first-order valence-corrected chi connectivity index (χ1v) is 8.07. The van der Waals surface area contributed by atoms with Crippen LogP contribution in [-0.2, 0) is 11.2 Å². The average Bonchev–Trinajstić information content (AvgIpc) is 2.80. The summed E-state index contributed by atoms with van der Waals surface area (Å²) in [5.74, 6) is -0.957. The van der Waals surface area contributed by atoms with E-state index in [-0.39, 0.29) is 29.2 Å². The first-order chi connectivity index (χ1) is 9.97. The molecule has 0 aromatic carbocycles. The lowest BCUT2D eigenvalue weighted by molar-refractivity contribution is -0.123. The second-order valence-electron chi connectivity index (χ2n) is 5.01. The van der Waals surface area contributed by atoms with Gasteiger partial charge in [0.15, 0.2) is 11.5 Å². The van der Waals surface area contributed by atoms with Crippen LogP contribution in [0, 0.1) is 0 Å². The van der Waals surface area contributed by atoms with Crippen LogP contribution in [0.1, 0.15) is 54.6 Å². The second-order valence-corrected chi connectivity index (χ2v) is 6.14. The van der Waals surface area contributed by atoms with E-state index in [4.69, 9.17) is 9.84 Å². The van der Waals surface area contributed by atoms with Crippen LogP contribution in [0.4, 0.5) is 0 Å².